The molecule has 9 heteroatoms. The van der Waals surface area contributed by atoms with Crippen molar-refractivity contribution in [3.63, 3.8) is 0 Å². The first-order valence-electron chi connectivity index (χ1n) is 11.6. The van der Waals surface area contributed by atoms with E-state index in [2.05, 4.69) is 28.9 Å². The van der Waals surface area contributed by atoms with Crippen molar-refractivity contribution in [2.24, 2.45) is 0 Å². The molecule has 37 heavy (non-hydrogen) atoms. The third kappa shape index (κ3) is 6.11. The highest BCUT2D eigenvalue weighted by atomic mass is 32.2. The number of hydrogen-bond acceptors (Lipinski definition) is 6. The Labute approximate surface area is 218 Å². The molecular formula is C28H25FN4O3S. The number of aryl methyl sites for hydroxylation is 1. The molecule has 0 aliphatic carbocycles. The Kier molecular flexibility index (Phi) is 8.11. The highest BCUT2D eigenvalue weighted by Crippen LogP contribution is 2.41. The monoisotopic (exact) mass is 516 g/mol. The SMILES string of the molecule is CCc1ccc(NC(=O)C2=C(C)NC(SCC(=O)Nc3ccc(F)cc3)=C(C#N)[C@@H]2c2ccco2)cc1. The van der Waals surface area contributed by atoms with Gasteiger partial charge in [0.25, 0.3) is 5.91 Å². The van der Waals surface area contributed by atoms with Crippen molar-refractivity contribution in [2.75, 3.05) is 16.4 Å². The normalized spacial score (nSPS) is 15.1. The van der Waals surface area contributed by atoms with Crippen LogP contribution in [0.25, 0.3) is 0 Å². The fourth-order valence-corrected chi connectivity index (χ4v) is 4.85. The van der Waals surface area contributed by atoms with Crippen LogP contribution in [-0.4, -0.2) is 17.6 Å². The van der Waals surface area contributed by atoms with Crippen molar-refractivity contribution in [1.29, 1.82) is 5.26 Å². The highest BCUT2D eigenvalue weighted by molar-refractivity contribution is 8.03. The van der Waals surface area contributed by atoms with Crippen LogP contribution in [0.1, 0.15) is 31.1 Å². The van der Waals surface area contributed by atoms with Gasteiger partial charge in [0, 0.05) is 17.1 Å². The molecule has 1 aliphatic heterocycles. The number of halogens is 1. The number of carbonyl (C=O) groups is 2. The van der Waals surface area contributed by atoms with Crippen LogP contribution in [0.4, 0.5) is 15.8 Å². The Hall–Kier alpha value is -4.29. The predicted molar refractivity (Wildman–Crippen MR) is 142 cm³/mol. The molecule has 4 rings (SSSR count). The highest BCUT2D eigenvalue weighted by Gasteiger charge is 2.36. The van der Waals surface area contributed by atoms with Crippen molar-refractivity contribution in [1.82, 2.24) is 5.32 Å². The van der Waals surface area contributed by atoms with E-state index in [1.807, 2.05) is 24.3 Å². The van der Waals surface area contributed by atoms with Gasteiger partial charge in [-0.3, -0.25) is 9.59 Å². The van der Waals surface area contributed by atoms with E-state index in [-0.39, 0.29) is 23.1 Å². The third-order valence-corrected chi connectivity index (χ3v) is 6.83. The number of carbonyl (C=O) groups excluding carboxylic acids is 2. The maximum Gasteiger partial charge on any atom is 0.254 e. The smallest absolute Gasteiger partial charge is 0.254 e. The van der Waals surface area contributed by atoms with E-state index < -0.39 is 11.7 Å². The number of amides is 2. The van der Waals surface area contributed by atoms with Crippen LogP contribution in [-0.2, 0) is 16.0 Å². The van der Waals surface area contributed by atoms with Gasteiger partial charge in [0.2, 0.25) is 5.91 Å². The topological polar surface area (TPSA) is 107 Å². The minimum atomic E-state index is -0.751. The van der Waals surface area contributed by atoms with E-state index in [0.717, 1.165) is 23.7 Å². The average molecular weight is 517 g/mol. The first kappa shape index (κ1) is 25.8. The van der Waals surface area contributed by atoms with E-state index in [1.165, 1.54) is 30.5 Å². The maximum atomic E-state index is 13.4. The van der Waals surface area contributed by atoms with Crippen LogP contribution in [0.5, 0.6) is 0 Å². The molecule has 0 saturated heterocycles. The Morgan fingerprint density at radius 1 is 1.08 bits per heavy atom. The number of furan rings is 1. The van der Waals surface area contributed by atoms with Gasteiger partial charge in [0.15, 0.2) is 0 Å². The molecule has 1 atom stereocenters. The molecule has 188 valence electrons. The molecule has 2 heterocycles. The molecular weight excluding hydrogens is 491 g/mol. The van der Waals surface area contributed by atoms with Crippen LogP contribution in [0.2, 0.25) is 0 Å². The van der Waals surface area contributed by atoms with Gasteiger partial charge in [-0.2, -0.15) is 5.26 Å². The molecule has 0 saturated carbocycles. The summed E-state index contributed by atoms with van der Waals surface area (Å²) in [6.07, 6.45) is 2.38. The minimum Gasteiger partial charge on any atom is -0.468 e. The fourth-order valence-electron chi connectivity index (χ4n) is 3.96. The number of nitrogens with zero attached hydrogens (tertiary/aromatic N) is 1. The molecule has 0 radical (unpaired) electrons. The molecule has 0 bridgehead atoms. The van der Waals surface area contributed by atoms with Gasteiger partial charge in [-0.25, -0.2) is 4.39 Å². The lowest BCUT2D eigenvalue weighted by molar-refractivity contribution is -0.114. The summed E-state index contributed by atoms with van der Waals surface area (Å²) in [5, 5.41) is 19.3. The summed E-state index contributed by atoms with van der Waals surface area (Å²) in [4.78, 5) is 25.9. The van der Waals surface area contributed by atoms with E-state index in [0.29, 0.717) is 33.4 Å². The third-order valence-electron chi connectivity index (χ3n) is 5.82. The van der Waals surface area contributed by atoms with Crippen LogP contribution in [0, 0.1) is 17.1 Å². The molecule has 1 aromatic heterocycles. The molecule has 0 fully saturated rings. The number of anilines is 2. The summed E-state index contributed by atoms with van der Waals surface area (Å²) in [6, 6.07) is 18.7. The summed E-state index contributed by atoms with van der Waals surface area (Å²) in [5.74, 6) is -1.39. The second-order valence-electron chi connectivity index (χ2n) is 8.32. The lowest BCUT2D eigenvalue weighted by Crippen LogP contribution is -2.31. The summed E-state index contributed by atoms with van der Waals surface area (Å²) >= 11 is 1.14. The minimum absolute atomic E-state index is 0.00560. The lowest BCUT2D eigenvalue weighted by atomic mass is 9.85. The quantitative estimate of drug-likeness (QED) is 0.355. The number of allylic oxidation sites excluding steroid dienone is 2. The Morgan fingerprint density at radius 3 is 2.38 bits per heavy atom. The summed E-state index contributed by atoms with van der Waals surface area (Å²) < 4.78 is 18.8. The van der Waals surface area contributed by atoms with Gasteiger partial charge in [0.1, 0.15) is 11.6 Å². The molecule has 3 aromatic rings. The second-order valence-corrected chi connectivity index (χ2v) is 9.30. The van der Waals surface area contributed by atoms with Crippen LogP contribution in [0.15, 0.2) is 93.2 Å². The van der Waals surface area contributed by atoms with Crippen LogP contribution >= 0.6 is 11.8 Å². The van der Waals surface area contributed by atoms with E-state index in [9.17, 15) is 19.2 Å². The Bertz CT molecular complexity index is 1390. The zero-order chi connectivity index (χ0) is 26.4. The first-order chi connectivity index (χ1) is 17.9. The van der Waals surface area contributed by atoms with Gasteiger partial charge in [-0.05, 0) is 67.4 Å². The van der Waals surface area contributed by atoms with Gasteiger partial charge >= 0.3 is 0 Å². The predicted octanol–water partition coefficient (Wildman–Crippen LogP) is 5.69. The van der Waals surface area contributed by atoms with E-state index in [4.69, 9.17) is 4.42 Å². The average Bonchev–Trinajstić information content (AvgIpc) is 3.43. The number of hydrogen-bond donors (Lipinski definition) is 3. The van der Waals surface area contributed by atoms with E-state index >= 15 is 0 Å². The van der Waals surface area contributed by atoms with Crippen molar-refractivity contribution in [3.8, 4) is 6.07 Å². The zero-order valence-electron chi connectivity index (χ0n) is 20.3. The first-order valence-corrected chi connectivity index (χ1v) is 12.6. The summed E-state index contributed by atoms with van der Waals surface area (Å²) in [5.41, 5.74) is 3.43. The number of rotatable bonds is 8. The van der Waals surface area contributed by atoms with Gasteiger partial charge in [-0.1, -0.05) is 30.8 Å². The van der Waals surface area contributed by atoms with Gasteiger partial charge in [0.05, 0.1) is 40.2 Å². The van der Waals surface area contributed by atoms with Gasteiger partial charge in [-0.15, -0.1) is 0 Å². The number of thioether (sulfide) groups is 1. The number of benzene rings is 2. The molecule has 0 unspecified atom stereocenters. The largest absolute Gasteiger partial charge is 0.468 e. The standard InChI is InChI=1S/C28H25FN4O3S/c1-3-18-6-10-21(11-7-18)33-27(35)25-17(2)31-28(22(15-30)26(25)23-5-4-14-36-23)37-16-24(34)32-20-12-8-19(29)9-13-20/h4-14,26,31H,3,16H2,1-2H3,(H,32,34)(H,33,35)/t26-/m1/s1. The van der Waals surface area contributed by atoms with Crippen molar-refractivity contribution in [3.05, 3.63) is 106 Å². The number of nitriles is 1. The Morgan fingerprint density at radius 2 is 1.76 bits per heavy atom. The number of dihydropyridines is 1. The molecule has 1 aliphatic rings. The second kappa shape index (κ2) is 11.6. The molecule has 3 N–H and O–H groups in total. The maximum absolute atomic E-state index is 13.4. The number of nitrogens with one attached hydrogen (secondary N) is 3. The molecule has 2 amide bonds. The van der Waals surface area contributed by atoms with Crippen molar-refractivity contribution in [2.45, 2.75) is 26.2 Å². The van der Waals surface area contributed by atoms with Crippen molar-refractivity contribution >= 4 is 35.0 Å². The van der Waals surface area contributed by atoms with Crippen LogP contribution in [0.3, 0.4) is 0 Å². The molecule has 2 aromatic carbocycles. The summed E-state index contributed by atoms with van der Waals surface area (Å²) in [7, 11) is 0. The fraction of sp³-hybridized carbons (Fsp3) is 0.179. The van der Waals surface area contributed by atoms with E-state index in [1.54, 1.807) is 19.1 Å². The lowest BCUT2D eigenvalue weighted by Gasteiger charge is -2.28. The van der Waals surface area contributed by atoms with Gasteiger partial charge < -0.3 is 20.4 Å². The summed E-state index contributed by atoms with van der Waals surface area (Å²) in [6.45, 7) is 3.81. The van der Waals surface area contributed by atoms with Crippen molar-refractivity contribution < 1.29 is 18.4 Å². The molecule has 7 nitrogen and oxygen atoms in total. The molecule has 0 spiro atoms. The van der Waals surface area contributed by atoms with Crippen LogP contribution < -0.4 is 16.0 Å². The zero-order valence-corrected chi connectivity index (χ0v) is 21.1. The Balaban J connectivity index is 1.56.